The SMILES string of the molecule is Cc1ccc(CNC(=O)CCC(CCN)C(C)C)o1. The fourth-order valence-corrected chi connectivity index (χ4v) is 2.20. The Morgan fingerprint density at radius 3 is 2.63 bits per heavy atom. The number of furan rings is 1. The Labute approximate surface area is 115 Å². The van der Waals surface area contributed by atoms with Crippen LogP contribution in [0.15, 0.2) is 16.5 Å². The molecule has 0 radical (unpaired) electrons. The summed E-state index contributed by atoms with van der Waals surface area (Å²) in [6.45, 7) is 7.42. The summed E-state index contributed by atoms with van der Waals surface area (Å²) in [4.78, 5) is 11.8. The number of carbonyl (C=O) groups excluding carboxylic acids is 1. The molecule has 1 amide bonds. The van der Waals surface area contributed by atoms with Crippen molar-refractivity contribution in [2.24, 2.45) is 17.6 Å². The molecule has 4 heteroatoms. The van der Waals surface area contributed by atoms with Crippen molar-refractivity contribution in [1.82, 2.24) is 5.32 Å². The van der Waals surface area contributed by atoms with Gasteiger partial charge in [0.1, 0.15) is 11.5 Å². The van der Waals surface area contributed by atoms with Crippen molar-refractivity contribution < 1.29 is 9.21 Å². The molecule has 1 unspecified atom stereocenters. The monoisotopic (exact) mass is 266 g/mol. The van der Waals surface area contributed by atoms with Gasteiger partial charge in [0, 0.05) is 6.42 Å². The predicted molar refractivity (Wildman–Crippen MR) is 76.5 cm³/mol. The van der Waals surface area contributed by atoms with E-state index in [2.05, 4.69) is 19.2 Å². The molecule has 19 heavy (non-hydrogen) atoms. The molecule has 0 saturated heterocycles. The van der Waals surface area contributed by atoms with E-state index in [9.17, 15) is 4.79 Å². The molecule has 4 nitrogen and oxygen atoms in total. The van der Waals surface area contributed by atoms with E-state index < -0.39 is 0 Å². The van der Waals surface area contributed by atoms with Crippen molar-refractivity contribution in [2.75, 3.05) is 6.54 Å². The Morgan fingerprint density at radius 2 is 2.11 bits per heavy atom. The predicted octanol–water partition coefficient (Wildman–Crippen LogP) is 2.61. The summed E-state index contributed by atoms with van der Waals surface area (Å²) in [6, 6.07) is 3.79. The van der Waals surface area contributed by atoms with Gasteiger partial charge in [-0.05, 0) is 50.3 Å². The average Bonchev–Trinajstić information content (AvgIpc) is 2.77. The van der Waals surface area contributed by atoms with Gasteiger partial charge in [0.15, 0.2) is 0 Å². The number of amides is 1. The van der Waals surface area contributed by atoms with E-state index in [1.54, 1.807) is 0 Å². The zero-order valence-corrected chi connectivity index (χ0v) is 12.2. The first-order valence-corrected chi connectivity index (χ1v) is 7.05. The van der Waals surface area contributed by atoms with Crippen LogP contribution >= 0.6 is 0 Å². The lowest BCUT2D eigenvalue weighted by Gasteiger charge is -2.19. The van der Waals surface area contributed by atoms with Crippen molar-refractivity contribution >= 4 is 5.91 Å². The van der Waals surface area contributed by atoms with Gasteiger partial charge in [0.05, 0.1) is 6.54 Å². The molecular weight excluding hydrogens is 240 g/mol. The summed E-state index contributed by atoms with van der Waals surface area (Å²) >= 11 is 0. The van der Waals surface area contributed by atoms with Crippen LogP contribution in [0, 0.1) is 18.8 Å². The molecule has 0 aliphatic heterocycles. The summed E-state index contributed by atoms with van der Waals surface area (Å²) in [6.07, 6.45) is 2.45. The highest BCUT2D eigenvalue weighted by atomic mass is 16.3. The normalized spacial score (nSPS) is 12.7. The molecule has 1 aromatic rings. The first-order valence-electron chi connectivity index (χ1n) is 7.05. The van der Waals surface area contributed by atoms with E-state index in [0.717, 1.165) is 24.4 Å². The molecule has 0 spiro atoms. The average molecular weight is 266 g/mol. The fourth-order valence-electron chi connectivity index (χ4n) is 2.20. The molecule has 3 N–H and O–H groups in total. The number of hydrogen-bond donors (Lipinski definition) is 2. The quantitative estimate of drug-likeness (QED) is 0.760. The van der Waals surface area contributed by atoms with Crippen molar-refractivity contribution in [3.63, 3.8) is 0 Å². The van der Waals surface area contributed by atoms with Gasteiger partial charge in [0.25, 0.3) is 0 Å². The number of nitrogens with one attached hydrogen (secondary N) is 1. The third-order valence-corrected chi connectivity index (χ3v) is 3.48. The van der Waals surface area contributed by atoms with Crippen molar-refractivity contribution in [3.8, 4) is 0 Å². The van der Waals surface area contributed by atoms with Crippen LogP contribution < -0.4 is 11.1 Å². The molecule has 1 aromatic heterocycles. The van der Waals surface area contributed by atoms with Crippen LogP contribution in [0.3, 0.4) is 0 Å². The lowest BCUT2D eigenvalue weighted by Crippen LogP contribution is -2.24. The third-order valence-electron chi connectivity index (χ3n) is 3.48. The highest BCUT2D eigenvalue weighted by Crippen LogP contribution is 2.20. The second-order valence-electron chi connectivity index (χ2n) is 5.41. The lowest BCUT2D eigenvalue weighted by atomic mass is 9.88. The molecule has 0 fully saturated rings. The first kappa shape index (κ1) is 15.8. The van der Waals surface area contributed by atoms with Gasteiger partial charge in [-0.2, -0.15) is 0 Å². The minimum Gasteiger partial charge on any atom is -0.465 e. The standard InChI is InChI=1S/C15H26N2O2/c1-11(2)13(8-9-16)5-7-15(18)17-10-14-6-4-12(3)19-14/h4,6,11,13H,5,7-10,16H2,1-3H3,(H,17,18). The molecule has 1 heterocycles. The maximum atomic E-state index is 11.8. The topological polar surface area (TPSA) is 68.3 Å². The summed E-state index contributed by atoms with van der Waals surface area (Å²) < 4.78 is 5.41. The van der Waals surface area contributed by atoms with Crippen LogP contribution in [0.25, 0.3) is 0 Å². The van der Waals surface area contributed by atoms with Crippen molar-refractivity contribution in [2.45, 2.75) is 46.6 Å². The van der Waals surface area contributed by atoms with Crippen molar-refractivity contribution in [1.29, 1.82) is 0 Å². The number of nitrogens with two attached hydrogens (primary N) is 1. The second-order valence-corrected chi connectivity index (χ2v) is 5.41. The van der Waals surface area contributed by atoms with Crippen LogP contribution in [0.5, 0.6) is 0 Å². The summed E-state index contributed by atoms with van der Waals surface area (Å²) in [5.41, 5.74) is 5.60. The van der Waals surface area contributed by atoms with Crippen LogP contribution in [0.1, 0.15) is 44.6 Å². The van der Waals surface area contributed by atoms with E-state index in [-0.39, 0.29) is 5.91 Å². The Hall–Kier alpha value is -1.29. The molecule has 1 rings (SSSR count). The Balaban J connectivity index is 2.27. The first-order chi connectivity index (χ1) is 9.02. The molecule has 0 saturated carbocycles. The zero-order valence-electron chi connectivity index (χ0n) is 12.2. The van der Waals surface area contributed by atoms with Gasteiger partial charge < -0.3 is 15.5 Å². The lowest BCUT2D eigenvalue weighted by molar-refractivity contribution is -0.121. The van der Waals surface area contributed by atoms with Gasteiger partial charge >= 0.3 is 0 Å². The zero-order chi connectivity index (χ0) is 14.3. The highest BCUT2D eigenvalue weighted by molar-refractivity contribution is 5.75. The van der Waals surface area contributed by atoms with E-state index in [1.807, 2.05) is 19.1 Å². The number of aryl methyl sites for hydroxylation is 1. The molecule has 0 bridgehead atoms. The number of hydrogen-bond acceptors (Lipinski definition) is 3. The maximum Gasteiger partial charge on any atom is 0.220 e. The highest BCUT2D eigenvalue weighted by Gasteiger charge is 2.14. The smallest absolute Gasteiger partial charge is 0.220 e. The Bertz CT molecular complexity index is 385. The Kier molecular flexibility index (Phi) is 6.64. The van der Waals surface area contributed by atoms with E-state index in [0.29, 0.717) is 31.3 Å². The van der Waals surface area contributed by atoms with Gasteiger partial charge in [0.2, 0.25) is 5.91 Å². The number of carbonyl (C=O) groups is 1. The van der Waals surface area contributed by atoms with E-state index in [1.165, 1.54) is 0 Å². The molecule has 0 aliphatic carbocycles. The van der Waals surface area contributed by atoms with Gasteiger partial charge in [-0.3, -0.25) is 4.79 Å². The third kappa shape index (κ3) is 5.92. The van der Waals surface area contributed by atoms with Gasteiger partial charge in [-0.15, -0.1) is 0 Å². The molecule has 108 valence electrons. The molecule has 0 aromatic carbocycles. The fraction of sp³-hybridized carbons (Fsp3) is 0.667. The molecule has 0 aliphatic rings. The van der Waals surface area contributed by atoms with E-state index in [4.69, 9.17) is 10.2 Å². The minimum atomic E-state index is 0.0803. The van der Waals surface area contributed by atoms with Gasteiger partial charge in [-0.1, -0.05) is 13.8 Å². The summed E-state index contributed by atoms with van der Waals surface area (Å²) in [5, 5.41) is 2.88. The minimum absolute atomic E-state index is 0.0803. The largest absolute Gasteiger partial charge is 0.465 e. The van der Waals surface area contributed by atoms with Crippen LogP contribution in [0.4, 0.5) is 0 Å². The maximum absolute atomic E-state index is 11.8. The van der Waals surface area contributed by atoms with Crippen LogP contribution in [-0.2, 0) is 11.3 Å². The van der Waals surface area contributed by atoms with E-state index >= 15 is 0 Å². The van der Waals surface area contributed by atoms with Crippen LogP contribution in [-0.4, -0.2) is 12.5 Å². The second kappa shape index (κ2) is 8.00. The summed E-state index contributed by atoms with van der Waals surface area (Å²) in [5.74, 6) is 2.85. The summed E-state index contributed by atoms with van der Waals surface area (Å²) in [7, 11) is 0. The number of rotatable bonds is 8. The van der Waals surface area contributed by atoms with Crippen molar-refractivity contribution in [3.05, 3.63) is 23.7 Å². The van der Waals surface area contributed by atoms with Gasteiger partial charge in [-0.25, -0.2) is 0 Å². The Morgan fingerprint density at radius 1 is 1.37 bits per heavy atom. The molecular formula is C15H26N2O2. The molecule has 1 atom stereocenters. The van der Waals surface area contributed by atoms with Crippen LogP contribution in [0.2, 0.25) is 0 Å².